The van der Waals surface area contributed by atoms with Gasteiger partial charge < -0.3 is 10.1 Å². The number of para-hydroxylation sites is 1. The Morgan fingerprint density at radius 1 is 1.13 bits per heavy atom. The van der Waals surface area contributed by atoms with Crippen molar-refractivity contribution in [1.82, 2.24) is 9.55 Å². The van der Waals surface area contributed by atoms with Crippen LogP contribution in [-0.4, -0.2) is 28.0 Å². The standard InChI is InChI=1S/C22H20FN3O4/c23-16-6-3-4-7-17(16)25-20(27)13-30-22(29)14-9-10-15-18(12-14)24-19-8-2-1-5-11-26(19)21(15)28/h3-4,6-7,9-10,12H,1-2,5,8,11,13H2,(H,25,27). The molecule has 7 nitrogen and oxygen atoms in total. The first-order chi connectivity index (χ1) is 14.5. The molecule has 2 heterocycles. The number of halogens is 1. The molecule has 1 aliphatic rings. The molecule has 1 amide bonds. The average Bonchev–Trinajstić information content (AvgIpc) is 2.99. The van der Waals surface area contributed by atoms with Crippen molar-refractivity contribution in [3.8, 4) is 0 Å². The van der Waals surface area contributed by atoms with Gasteiger partial charge in [-0.1, -0.05) is 18.6 Å². The molecule has 0 fully saturated rings. The van der Waals surface area contributed by atoms with Gasteiger partial charge in [0.15, 0.2) is 6.61 Å². The van der Waals surface area contributed by atoms with Gasteiger partial charge >= 0.3 is 5.97 Å². The fraction of sp³-hybridized carbons (Fsp3) is 0.273. The highest BCUT2D eigenvalue weighted by Crippen LogP contribution is 2.17. The lowest BCUT2D eigenvalue weighted by atomic mass is 10.1. The zero-order valence-corrected chi connectivity index (χ0v) is 16.2. The quantitative estimate of drug-likeness (QED) is 0.669. The van der Waals surface area contributed by atoms with Crippen molar-refractivity contribution >= 4 is 28.5 Å². The molecule has 2 aromatic carbocycles. The molecule has 0 bridgehead atoms. The average molecular weight is 409 g/mol. The Balaban J connectivity index is 1.49. The Morgan fingerprint density at radius 3 is 2.80 bits per heavy atom. The van der Waals surface area contributed by atoms with Gasteiger partial charge in [-0.2, -0.15) is 0 Å². The number of hydrogen-bond donors (Lipinski definition) is 1. The van der Waals surface area contributed by atoms with Crippen LogP contribution >= 0.6 is 0 Å². The number of anilines is 1. The minimum Gasteiger partial charge on any atom is -0.452 e. The van der Waals surface area contributed by atoms with Crippen LogP contribution in [0.3, 0.4) is 0 Å². The number of nitrogens with zero attached hydrogens (tertiary/aromatic N) is 2. The summed E-state index contributed by atoms with van der Waals surface area (Å²) in [5, 5.41) is 2.79. The monoisotopic (exact) mass is 409 g/mol. The highest BCUT2D eigenvalue weighted by molar-refractivity contribution is 5.97. The molecule has 8 heteroatoms. The Morgan fingerprint density at radius 2 is 1.97 bits per heavy atom. The summed E-state index contributed by atoms with van der Waals surface area (Å²) < 4.78 is 20.3. The van der Waals surface area contributed by atoms with Crippen LogP contribution in [0.5, 0.6) is 0 Å². The number of ether oxygens (including phenoxy) is 1. The van der Waals surface area contributed by atoms with Crippen LogP contribution in [0.1, 0.15) is 35.4 Å². The molecule has 1 aromatic heterocycles. The van der Waals surface area contributed by atoms with Crippen molar-refractivity contribution in [2.45, 2.75) is 32.2 Å². The van der Waals surface area contributed by atoms with Crippen molar-refractivity contribution in [2.24, 2.45) is 0 Å². The largest absolute Gasteiger partial charge is 0.452 e. The summed E-state index contributed by atoms with van der Waals surface area (Å²) in [4.78, 5) is 41.6. The molecule has 154 valence electrons. The topological polar surface area (TPSA) is 90.3 Å². The number of aromatic nitrogens is 2. The fourth-order valence-corrected chi connectivity index (χ4v) is 3.51. The van der Waals surface area contributed by atoms with Crippen LogP contribution in [0.25, 0.3) is 10.9 Å². The van der Waals surface area contributed by atoms with Crippen LogP contribution < -0.4 is 10.9 Å². The summed E-state index contributed by atoms with van der Waals surface area (Å²) in [5.74, 6) is -1.24. The van der Waals surface area contributed by atoms with E-state index in [0.29, 0.717) is 17.4 Å². The molecule has 0 unspecified atom stereocenters. The second-order valence-corrected chi connectivity index (χ2v) is 7.13. The SMILES string of the molecule is O=C(COC(=O)c1ccc2c(=O)n3c(nc2c1)CCCCC3)Nc1ccccc1F. The Bertz CT molecular complexity index is 1190. The van der Waals surface area contributed by atoms with Gasteiger partial charge in [-0.15, -0.1) is 0 Å². The molecule has 0 spiro atoms. The van der Waals surface area contributed by atoms with E-state index < -0.39 is 24.3 Å². The Kier molecular flexibility index (Phi) is 5.56. The van der Waals surface area contributed by atoms with Crippen LogP contribution in [0.15, 0.2) is 47.3 Å². The molecule has 4 rings (SSSR count). The van der Waals surface area contributed by atoms with Crippen molar-refractivity contribution < 1.29 is 18.7 Å². The van der Waals surface area contributed by atoms with E-state index >= 15 is 0 Å². The highest BCUT2D eigenvalue weighted by Gasteiger charge is 2.17. The molecule has 0 radical (unpaired) electrons. The molecule has 0 atom stereocenters. The summed E-state index contributed by atoms with van der Waals surface area (Å²) in [5.41, 5.74) is 0.515. The maximum Gasteiger partial charge on any atom is 0.338 e. The van der Waals surface area contributed by atoms with Crippen LogP contribution in [0.2, 0.25) is 0 Å². The summed E-state index contributed by atoms with van der Waals surface area (Å²) in [7, 11) is 0. The number of hydrogen-bond acceptors (Lipinski definition) is 5. The minimum absolute atomic E-state index is 0.00891. The third-order valence-electron chi connectivity index (χ3n) is 5.03. The number of aryl methyl sites for hydroxylation is 1. The van der Waals surface area contributed by atoms with E-state index in [9.17, 15) is 18.8 Å². The summed E-state index contributed by atoms with van der Waals surface area (Å²) in [6.07, 6.45) is 3.68. The van der Waals surface area contributed by atoms with Gasteiger partial charge in [0.2, 0.25) is 0 Å². The van der Waals surface area contributed by atoms with Gasteiger partial charge in [-0.25, -0.2) is 14.2 Å². The van der Waals surface area contributed by atoms with Gasteiger partial charge in [0.25, 0.3) is 11.5 Å². The lowest BCUT2D eigenvalue weighted by molar-refractivity contribution is -0.119. The molecule has 0 saturated carbocycles. The molecule has 3 aromatic rings. The van der Waals surface area contributed by atoms with E-state index in [1.54, 1.807) is 16.7 Å². The second kappa shape index (κ2) is 8.44. The number of fused-ring (bicyclic) bond motifs is 2. The van der Waals surface area contributed by atoms with Gasteiger partial charge in [0.1, 0.15) is 11.6 Å². The molecule has 1 aliphatic heterocycles. The van der Waals surface area contributed by atoms with Gasteiger partial charge in [0, 0.05) is 13.0 Å². The number of carbonyl (C=O) groups excluding carboxylic acids is 2. The Labute approximate surface area is 171 Å². The van der Waals surface area contributed by atoms with Crippen molar-refractivity contribution in [1.29, 1.82) is 0 Å². The van der Waals surface area contributed by atoms with E-state index in [2.05, 4.69) is 10.3 Å². The van der Waals surface area contributed by atoms with E-state index in [0.717, 1.165) is 31.5 Å². The first kappa shape index (κ1) is 19.8. The Hall–Kier alpha value is -3.55. The highest BCUT2D eigenvalue weighted by atomic mass is 19.1. The van der Waals surface area contributed by atoms with Crippen LogP contribution in [0.4, 0.5) is 10.1 Å². The van der Waals surface area contributed by atoms with Gasteiger partial charge in [-0.3, -0.25) is 14.2 Å². The summed E-state index contributed by atoms with van der Waals surface area (Å²) in [6, 6.07) is 10.2. The van der Waals surface area contributed by atoms with Crippen LogP contribution in [0, 0.1) is 5.82 Å². The summed E-state index contributed by atoms with van der Waals surface area (Å²) >= 11 is 0. The maximum absolute atomic E-state index is 13.6. The third kappa shape index (κ3) is 4.07. The number of carbonyl (C=O) groups is 2. The zero-order valence-electron chi connectivity index (χ0n) is 16.2. The number of rotatable bonds is 4. The number of esters is 1. The third-order valence-corrected chi connectivity index (χ3v) is 5.03. The van der Waals surface area contributed by atoms with Gasteiger partial charge in [-0.05, 0) is 43.2 Å². The van der Waals surface area contributed by atoms with Crippen molar-refractivity contribution in [3.05, 3.63) is 70.0 Å². The van der Waals surface area contributed by atoms with E-state index in [-0.39, 0.29) is 16.8 Å². The first-order valence-electron chi connectivity index (χ1n) is 9.78. The fourth-order valence-electron chi connectivity index (χ4n) is 3.51. The normalized spacial score (nSPS) is 13.4. The van der Waals surface area contributed by atoms with E-state index in [4.69, 9.17) is 4.74 Å². The minimum atomic E-state index is -0.725. The molecule has 0 aliphatic carbocycles. The predicted octanol–water partition coefficient (Wildman–Crippen LogP) is 3.06. The molecular formula is C22H20FN3O4. The lowest BCUT2D eigenvalue weighted by Crippen LogP contribution is -2.25. The smallest absolute Gasteiger partial charge is 0.338 e. The number of nitrogens with one attached hydrogen (secondary N) is 1. The van der Waals surface area contributed by atoms with Crippen molar-refractivity contribution in [2.75, 3.05) is 11.9 Å². The summed E-state index contributed by atoms with van der Waals surface area (Å²) in [6.45, 7) is 0.0868. The number of amides is 1. The van der Waals surface area contributed by atoms with Crippen LogP contribution in [-0.2, 0) is 22.5 Å². The number of benzene rings is 2. The van der Waals surface area contributed by atoms with E-state index in [1.807, 2.05) is 0 Å². The molecular weight excluding hydrogens is 389 g/mol. The molecule has 30 heavy (non-hydrogen) atoms. The zero-order chi connectivity index (χ0) is 21.1. The van der Waals surface area contributed by atoms with Crippen molar-refractivity contribution in [3.63, 3.8) is 0 Å². The van der Waals surface area contributed by atoms with E-state index in [1.165, 1.54) is 30.3 Å². The first-order valence-corrected chi connectivity index (χ1v) is 9.78. The lowest BCUT2D eigenvalue weighted by Gasteiger charge is -2.11. The second-order valence-electron chi connectivity index (χ2n) is 7.13. The molecule has 1 N–H and O–H groups in total. The predicted molar refractivity (Wildman–Crippen MR) is 109 cm³/mol. The van der Waals surface area contributed by atoms with Gasteiger partial charge in [0.05, 0.1) is 22.2 Å². The molecule has 0 saturated heterocycles. The maximum atomic E-state index is 13.6.